The van der Waals surface area contributed by atoms with Crippen molar-refractivity contribution >= 4 is 11.8 Å². The van der Waals surface area contributed by atoms with Crippen LogP contribution in [0.2, 0.25) is 0 Å². The van der Waals surface area contributed by atoms with Gasteiger partial charge in [-0.05, 0) is 37.5 Å². The molecule has 1 atom stereocenters. The number of anilines is 1. The minimum absolute atomic E-state index is 0.209. The summed E-state index contributed by atoms with van der Waals surface area (Å²) in [7, 11) is 1.79. The summed E-state index contributed by atoms with van der Waals surface area (Å²) in [6.45, 7) is 3.74. The van der Waals surface area contributed by atoms with Crippen molar-refractivity contribution in [2.45, 2.75) is 32.4 Å². The minimum Gasteiger partial charge on any atom is -0.491 e. The van der Waals surface area contributed by atoms with Crippen molar-refractivity contribution in [2.75, 3.05) is 18.5 Å². The zero-order chi connectivity index (χ0) is 17.6. The van der Waals surface area contributed by atoms with Crippen LogP contribution in [0.4, 0.5) is 10.6 Å². The Hall–Kier alpha value is -2.54. The highest BCUT2D eigenvalue weighted by atomic mass is 16.5. The molecule has 1 fully saturated rings. The first-order valence-electron chi connectivity index (χ1n) is 8.49. The Morgan fingerprint density at radius 2 is 2.20 bits per heavy atom. The molecule has 7 nitrogen and oxygen atoms in total. The quantitative estimate of drug-likeness (QED) is 0.844. The summed E-state index contributed by atoms with van der Waals surface area (Å²) >= 11 is 0. The average Bonchev–Trinajstić information content (AvgIpc) is 3.22. The molecule has 2 amide bonds. The third kappa shape index (κ3) is 4.96. The molecule has 1 aromatic heterocycles. The number of aromatic nitrogens is 2. The highest BCUT2D eigenvalue weighted by molar-refractivity contribution is 5.88. The van der Waals surface area contributed by atoms with E-state index in [0.29, 0.717) is 19.0 Å². The van der Waals surface area contributed by atoms with Gasteiger partial charge in [0.05, 0.1) is 11.8 Å². The third-order valence-electron chi connectivity index (χ3n) is 4.08. The van der Waals surface area contributed by atoms with Crippen molar-refractivity contribution in [3.8, 4) is 5.75 Å². The molecule has 0 radical (unpaired) electrons. The average molecular weight is 344 g/mol. The van der Waals surface area contributed by atoms with E-state index in [1.807, 2.05) is 37.3 Å². The van der Waals surface area contributed by atoms with E-state index in [-0.39, 0.29) is 12.1 Å². The summed E-state index contributed by atoms with van der Waals surface area (Å²) in [5.41, 5.74) is 1.86. The van der Waals surface area contributed by atoms with Crippen LogP contribution < -0.4 is 15.4 Å². The van der Waals surface area contributed by atoms with Gasteiger partial charge < -0.3 is 14.8 Å². The van der Waals surface area contributed by atoms with Gasteiger partial charge >= 0.3 is 6.03 Å². The van der Waals surface area contributed by atoms with Crippen LogP contribution in [0, 0.1) is 6.92 Å². The van der Waals surface area contributed by atoms with Crippen molar-refractivity contribution in [3.05, 3.63) is 41.6 Å². The maximum atomic E-state index is 12.0. The lowest BCUT2D eigenvalue weighted by Gasteiger charge is -2.12. The first-order valence-corrected chi connectivity index (χ1v) is 8.49. The lowest BCUT2D eigenvalue weighted by molar-refractivity contribution is 0.0679. The number of nitrogens with zero attached hydrogens (tertiary/aromatic N) is 2. The van der Waals surface area contributed by atoms with Crippen molar-refractivity contribution in [3.63, 3.8) is 0 Å². The number of nitrogens with one attached hydrogen (secondary N) is 2. The number of carbonyl (C=O) groups excluding carboxylic acids is 1. The molecule has 25 heavy (non-hydrogen) atoms. The molecule has 2 N–H and O–H groups in total. The van der Waals surface area contributed by atoms with E-state index in [1.165, 1.54) is 0 Å². The first kappa shape index (κ1) is 17.3. The second-order valence-corrected chi connectivity index (χ2v) is 6.19. The van der Waals surface area contributed by atoms with Crippen LogP contribution in [0.5, 0.6) is 5.75 Å². The van der Waals surface area contributed by atoms with E-state index in [2.05, 4.69) is 15.7 Å². The fourth-order valence-corrected chi connectivity index (χ4v) is 2.74. The fraction of sp³-hybridized carbons (Fsp3) is 0.444. The summed E-state index contributed by atoms with van der Waals surface area (Å²) in [5, 5.41) is 9.79. The van der Waals surface area contributed by atoms with Crippen LogP contribution in [0.25, 0.3) is 0 Å². The van der Waals surface area contributed by atoms with E-state index in [4.69, 9.17) is 9.47 Å². The van der Waals surface area contributed by atoms with E-state index in [0.717, 1.165) is 36.5 Å². The molecule has 0 bridgehead atoms. The van der Waals surface area contributed by atoms with Crippen molar-refractivity contribution < 1.29 is 14.3 Å². The van der Waals surface area contributed by atoms with Gasteiger partial charge in [-0.2, -0.15) is 5.10 Å². The molecule has 2 heterocycles. The van der Waals surface area contributed by atoms with Gasteiger partial charge in [0.1, 0.15) is 18.2 Å². The number of carbonyl (C=O) groups is 1. The predicted octanol–water partition coefficient (Wildman–Crippen LogP) is 2.61. The van der Waals surface area contributed by atoms with Crippen molar-refractivity contribution in [1.29, 1.82) is 0 Å². The van der Waals surface area contributed by atoms with Gasteiger partial charge in [0.25, 0.3) is 0 Å². The monoisotopic (exact) mass is 344 g/mol. The van der Waals surface area contributed by atoms with Crippen LogP contribution in [-0.2, 0) is 18.3 Å². The lowest BCUT2D eigenvalue weighted by Crippen LogP contribution is -2.29. The van der Waals surface area contributed by atoms with Crippen LogP contribution in [-0.4, -0.2) is 35.1 Å². The topological polar surface area (TPSA) is 77.4 Å². The Morgan fingerprint density at radius 3 is 2.84 bits per heavy atom. The zero-order valence-electron chi connectivity index (χ0n) is 14.6. The normalized spacial score (nSPS) is 16.6. The molecule has 7 heteroatoms. The van der Waals surface area contributed by atoms with Gasteiger partial charge in [-0.15, -0.1) is 0 Å². The lowest BCUT2D eigenvalue weighted by atomic mass is 10.2. The smallest absolute Gasteiger partial charge is 0.320 e. The molecule has 0 aliphatic carbocycles. The molecule has 0 saturated carbocycles. The number of ether oxygens (including phenoxy) is 2. The van der Waals surface area contributed by atoms with Crippen LogP contribution >= 0.6 is 0 Å². The number of benzene rings is 1. The first-order chi connectivity index (χ1) is 12.1. The molecule has 0 unspecified atom stereocenters. The Balaban J connectivity index is 1.43. The van der Waals surface area contributed by atoms with Crippen molar-refractivity contribution in [1.82, 2.24) is 15.1 Å². The molecule has 1 aromatic carbocycles. The standard InChI is InChI=1S/C18H24N4O3/c1-13-10-17(22(2)21-13)20-18(23)19-11-14-5-7-15(8-6-14)25-12-16-4-3-9-24-16/h5-8,10,16H,3-4,9,11-12H2,1-2H3,(H2,19,20,23)/t16-/m0/s1. The van der Waals surface area contributed by atoms with Crippen molar-refractivity contribution in [2.24, 2.45) is 7.05 Å². The fourth-order valence-electron chi connectivity index (χ4n) is 2.74. The maximum Gasteiger partial charge on any atom is 0.320 e. The summed E-state index contributed by atoms with van der Waals surface area (Å²) in [5.74, 6) is 1.47. The Bertz CT molecular complexity index is 706. The number of urea groups is 1. The largest absolute Gasteiger partial charge is 0.491 e. The minimum atomic E-state index is -0.262. The molecule has 3 rings (SSSR count). The predicted molar refractivity (Wildman–Crippen MR) is 94.7 cm³/mol. The highest BCUT2D eigenvalue weighted by Crippen LogP contribution is 2.16. The Kier molecular flexibility index (Phi) is 5.55. The summed E-state index contributed by atoms with van der Waals surface area (Å²) in [6.07, 6.45) is 2.38. The maximum absolute atomic E-state index is 12.0. The number of rotatable bonds is 6. The van der Waals surface area contributed by atoms with E-state index in [1.54, 1.807) is 11.7 Å². The van der Waals surface area contributed by atoms with Gasteiger partial charge in [0.15, 0.2) is 0 Å². The summed E-state index contributed by atoms with van der Waals surface area (Å²) in [6, 6.07) is 9.27. The zero-order valence-corrected chi connectivity index (χ0v) is 14.6. The molecule has 134 valence electrons. The second kappa shape index (κ2) is 8.02. The number of aryl methyl sites for hydroxylation is 2. The molecule has 1 aliphatic heterocycles. The third-order valence-corrected chi connectivity index (χ3v) is 4.08. The van der Waals surface area contributed by atoms with Gasteiger partial charge in [-0.25, -0.2) is 4.79 Å². The molecule has 1 saturated heterocycles. The second-order valence-electron chi connectivity index (χ2n) is 6.19. The summed E-state index contributed by atoms with van der Waals surface area (Å²) in [4.78, 5) is 12.0. The number of hydrogen-bond donors (Lipinski definition) is 2. The van der Waals surface area contributed by atoms with Crippen LogP contribution in [0.3, 0.4) is 0 Å². The van der Waals surface area contributed by atoms with Gasteiger partial charge in [-0.3, -0.25) is 10.00 Å². The molecular weight excluding hydrogens is 320 g/mol. The molecule has 1 aliphatic rings. The van der Waals surface area contributed by atoms with E-state index >= 15 is 0 Å². The Morgan fingerprint density at radius 1 is 1.40 bits per heavy atom. The number of hydrogen-bond acceptors (Lipinski definition) is 4. The van der Waals surface area contributed by atoms with Gasteiger partial charge in [-0.1, -0.05) is 12.1 Å². The molecule has 2 aromatic rings. The number of amides is 2. The van der Waals surface area contributed by atoms with E-state index < -0.39 is 0 Å². The molecular formula is C18H24N4O3. The van der Waals surface area contributed by atoms with Gasteiger partial charge in [0.2, 0.25) is 0 Å². The SMILES string of the molecule is Cc1cc(NC(=O)NCc2ccc(OC[C@@H]3CCCO3)cc2)n(C)n1. The highest BCUT2D eigenvalue weighted by Gasteiger charge is 2.15. The van der Waals surface area contributed by atoms with Crippen LogP contribution in [0.15, 0.2) is 30.3 Å². The van der Waals surface area contributed by atoms with Crippen LogP contribution in [0.1, 0.15) is 24.1 Å². The van der Waals surface area contributed by atoms with Gasteiger partial charge in [0, 0.05) is 26.3 Å². The summed E-state index contributed by atoms with van der Waals surface area (Å²) < 4.78 is 12.9. The Labute approximate surface area is 147 Å². The molecule has 0 spiro atoms. The van der Waals surface area contributed by atoms with E-state index in [9.17, 15) is 4.79 Å².